The van der Waals surface area contributed by atoms with Crippen LogP contribution in [0.15, 0.2) is 115 Å². The van der Waals surface area contributed by atoms with Gasteiger partial charge in [-0.1, -0.05) is 90.5 Å². The van der Waals surface area contributed by atoms with Crippen molar-refractivity contribution in [3.8, 4) is 0 Å². The lowest BCUT2D eigenvalue weighted by Gasteiger charge is -2.10. The number of benzene rings is 5. The van der Waals surface area contributed by atoms with Crippen molar-refractivity contribution in [2.75, 3.05) is 31.8 Å². The third kappa shape index (κ3) is 10.9. The number of ketones is 5. The van der Waals surface area contributed by atoms with E-state index in [9.17, 15) is 24.0 Å². The van der Waals surface area contributed by atoms with Gasteiger partial charge in [-0.3, -0.25) is 24.0 Å². The van der Waals surface area contributed by atoms with Gasteiger partial charge in [0.05, 0.1) is 10.7 Å². The molecule has 0 unspecified atom stereocenters. The lowest BCUT2D eigenvalue weighted by atomic mass is 9.95. The van der Waals surface area contributed by atoms with Crippen LogP contribution in [0.1, 0.15) is 89.3 Å². The summed E-state index contributed by atoms with van der Waals surface area (Å²) >= 11 is 6.00. The molecule has 5 rings (SSSR count). The van der Waals surface area contributed by atoms with Gasteiger partial charge in [-0.05, 0) is 69.8 Å². The zero-order valence-corrected chi connectivity index (χ0v) is 30.4. The van der Waals surface area contributed by atoms with Crippen LogP contribution in [0.2, 0.25) is 5.02 Å². The average Bonchev–Trinajstić information content (AvgIpc) is 3.15. The molecule has 0 radical (unpaired) electrons. The van der Waals surface area contributed by atoms with Gasteiger partial charge in [-0.25, -0.2) is 0 Å². The second-order valence-corrected chi connectivity index (χ2v) is 11.8. The Morgan fingerprint density at radius 3 is 1.51 bits per heavy atom. The van der Waals surface area contributed by atoms with Gasteiger partial charge in [0.2, 0.25) is 0 Å². The fourth-order valence-corrected chi connectivity index (χ4v) is 5.35. The van der Waals surface area contributed by atoms with Crippen molar-refractivity contribution >= 4 is 51.9 Å². The van der Waals surface area contributed by atoms with Crippen LogP contribution in [0.3, 0.4) is 0 Å². The van der Waals surface area contributed by atoms with Gasteiger partial charge in [0.15, 0.2) is 28.9 Å². The number of nitrogens with one attached hydrogen (secondary N) is 3. The van der Waals surface area contributed by atoms with Crippen LogP contribution in [-0.2, 0) is 6.54 Å². The monoisotopic (exact) mass is 703 g/mol. The fraction of sp³-hybridized carbons (Fsp3) is 0.167. The van der Waals surface area contributed by atoms with Crippen LogP contribution in [0.5, 0.6) is 0 Å². The fourth-order valence-electron chi connectivity index (χ4n) is 5.14. The predicted octanol–water partition coefficient (Wildman–Crippen LogP) is 8.59. The Bertz CT molecular complexity index is 2040. The molecule has 9 heteroatoms. The van der Waals surface area contributed by atoms with Gasteiger partial charge >= 0.3 is 0 Å². The number of anilines is 2. The van der Waals surface area contributed by atoms with E-state index in [1.165, 1.54) is 13.8 Å². The zero-order valence-electron chi connectivity index (χ0n) is 29.6. The molecule has 3 N–H and O–H groups in total. The molecular weight excluding hydrogens is 662 g/mol. The molecule has 0 atom stereocenters. The van der Waals surface area contributed by atoms with Gasteiger partial charge in [-0.2, -0.15) is 0 Å². The number of para-hydroxylation sites is 1. The highest BCUT2D eigenvalue weighted by Gasteiger charge is 2.18. The normalized spacial score (nSPS) is 10.0. The standard InChI is InChI=1S/C16H14ClNO2.C16H15NO2.C10H13NO/c1-10(19)12-5-3-4-6-13(12)16(20)11-7-8-14(17)15(9-11)18-2;1-11(18)12-7-3-4-8-13(12)16(19)14-9-5-6-10-15(14)17-2;1-8(12)10-5-3-4-9(6-10)7-11-2/h3-9,18H,1-2H3;3-10,17H,1-2H3;3-6,11H,7H2,1-2H3. The molecule has 0 saturated heterocycles. The van der Waals surface area contributed by atoms with Crippen molar-refractivity contribution in [1.82, 2.24) is 5.32 Å². The summed E-state index contributed by atoms with van der Waals surface area (Å²) in [7, 11) is 5.39. The molecule has 262 valence electrons. The van der Waals surface area contributed by atoms with E-state index in [0.29, 0.717) is 44.1 Å². The van der Waals surface area contributed by atoms with Crippen molar-refractivity contribution in [3.63, 3.8) is 0 Å². The Morgan fingerprint density at radius 1 is 0.490 bits per heavy atom. The topological polar surface area (TPSA) is 121 Å². The third-order valence-electron chi connectivity index (χ3n) is 7.76. The highest BCUT2D eigenvalue weighted by molar-refractivity contribution is 6.33. The van der Waals surface area contributed by atoms with Crippen LogP contribution in [0.4, 0.5) is 11.4 Å². The molecule has 0 aliphatic carbocycles. The van der Waals surface area contributed by atoms with Crippen molar-refractivity contribution in [3.05, 3.63) is 165 Å². The van der Waals surface area contributed by atoms with Gasteiger partial charge in [0, 0.05) is 65.3 Å². The average molecular weight is 704 g/mol. The molecule has 0 spiro atoms. The molecule has 0 amide bonds. The summed E-state index contributed by atoms with van der Waals surface area (Å²) in [4.78, 5) is 59.3. The first-order valence-corrected chi connectivity index (χ1v) is 16.6. The molecule has 0 fully saturated rings. The molecule has 0 aromatic heterocycles. The maximum absolute atomic E-state index is 12.6. The van der Waals surface area contributed by atoms with E-state index < -0.39 is 0 Å². The number of hydrogen-bond acceptors (Lipinski definition) is 8. The first kappa shape index (κ1) is 39.7. The van der Waals surface area contributed by atoms with E-state index in [1.54, 1.807) is 93.8 Å². The van der Waals surface area contributed by atoms with Gasteiger partial charge in [0.1, 0.15) is 0 Å². The number of hydrogen-bond donors (Lipinski definition) is 3. The molecular formula is C42H42ClN3O5. The molecule has 0 heterocycles. The van der Waals surface area contributed by atoms with E-state index in [2.05, 4.69) is 16.0 Å². The Hall–Kier alpha value is -5.70. The minimum absolute atomic E-state index is 0.106. The van der Waals surface area contributed by atoms with Gasteiger partial charge in [0.25, 0.3) is 0 Å². The Morgan fingerprint density at radius 2 is 1.00 bits per heavy atom. The first-order valence-electron chi connectivity index (χ1n) is 16.2. The number of rotatable bonds is 11. The Balaban J connectivity index is 0.000000213. The molecule has 0 aliphatic rings. The molecule has 5 aromatic carbocycles. The number of carbonyl (C=O) groups is 5. The first-order chi connectivity index (χ1) is 24.4. The van der Waals surface area contributed by atoms with Crippen LogP contribution >= 0.6 is 11.6 Å². The van der Waals surface area contributed by atoms with E-state index >= 15 is 0 Å². The largest absolute Gasteiger partial charge is 0.388 e. The summed E-state index contributed by atoms with van der Waals surface area (Å²) in [6.07, 6.45) is 0. The minimum Gasteiger partial charge on any atom is -0.388 e. The summed E-state index contributed by atoms with van der Waals surface area (Å²) in [6.45, 7) is 5.31. The van der Waals surface area contributed by atoms with Gasteiger partial charge in [-0.15, -0.1) is 0 Å². The van der Waals surface area contributed by atoms with E-state index in [-0.39, 0.29) is 28.9 Å². The quantitative estimate of drug-likeness (QED) is 0.117. The minimum atomic E-state index is -0.191. The number of halogens is 1. The van der Waals surface area contributed by atoms with Crippen molar-refractivity contribution in [2.24, 2.45) is 0 Å². The maximum atomic E-state index is 12.6. The van der Waals surface area contributed by atoms with Crippen LogP contribution in [-0.4, -0.2) is 50.1 Å². The molecule has 0 aliphatic heterocycles. The molecule has 8 nitrogen and oxygen atoms in total. The summed E-state index contributed by atoms with van der Waals surface area (Å²) in [5.74, 6) is -0.449. The molecule has 51 heavy (non-hydrogen) atoms. The second kappa shape index (κ2) is 19.5. The smallest absolute Gasteiger partial charge is 0.195 e. The highest BCUT2D eigenvalue weighted by atomic mass is 35.5. The summed E-state index contributed by atoms with van der Waals surface area (Å²) < 4.78 is 0. The second-order valence-electron chi connectivity index (χ2n) is 11.4. The summed E-state index contributed by atoms with van der Waals surface area (Å²) in [6, 6.07) is 33.6. The highest BCUT2D eigenvalue weighted by Crippen LogP contribution is 2.25. The van der Waals surface area contributed by atoms with E-state index in [0.717, 1.165) is 23.4 Å². The molecule has 0 saturated carbocycles. The van der Waals surface area contributed by atoms with Crippen LogP contribution in [0, 0.1) is 0 Å². The van der Waals surface area contributed by atoms with Crippen molar-refractivity contribution < 1.29 is 24.0 Å². The Labute approximate surface area is 304 Å². The third-order valence-corrected chi connectivity index (χ3v) is 8.08. The zero-order chi connectivity index (χ0) is 37.5. The van der Waals surface area contributed by atoms with Crippen LogP contribution in [0.25, 0.3) is 0 Å². The summed E-state index contributed by atoms with van der Waals surface area (Å²) in [5.41, 5.74) is 6.15. The molecule has 5 aromatic rings. The summed E-state index contributed by atoms with van der Waals surface area (Å²) in [5, 5.41) is 9.50. The van der Waals surface area contributed by atoms with E-state index in [4.69, 9.17) is 11.6 Å². The molecule has 0 bridgehead atoms. The van der Waals surface area contributed by atoms with Crippen molar-refractivity contribution in [2.45, 2.75) is 27.3 Å². The SMILES string of the molecule is CNCc1cccc(C(C)=O)c1.CNc1cc(C(=O)c2ccccc2C(C)=O)ccc1Cl.CNc1ccccc1C(=O)c1ccccc1C(C)=O. The lowest BCUT2D eigenvalue weighted by molar-refractivity contribution is 0.0989. The maximum Gasteiger partial charge on any atom is 0.195 e. The Kier molecular flexibility index (Phi) is 15.2. The van der Waals surface area contributed by atoms with Crippen molar-refractivity contribution in [1.29, 1.82) is 0 Å². The van der Waals surface area contributed by atoms with E-state index in [1.807, 2.05) is 49.5 Å². The lowest BCUT2D eigenvalue weighted by Crippen LogP contribution is -2.10. The van der Waals surface area contributed by atoms with Gasteiger partial charge < -0.3 is 16.0 Å². The number of carbonyl (C=O) groups excluding carboxylic acids is 5. The van der Waals surface area contributed by atoms with Crippen LogP contribution < -0.4 is 16.0 Å². The number of Topliss-reactive ketones (excluding diaryl/α,β-unsaturated/α-hetero) is 3. The predicted molar refractivity (Wildman–Crippen MR) is 206 cm³/mol.